The van der Waals surface area contributed by atoms with Crippen LogP contribution in [0.3, 0.4) is 0 Å². The van der Waals surface area contributed by atoms with Crippen molar-refractivity contribution in [3.63, 3.8) is 0 Å². The molecule has 2 aromatic rings. The molecule has 1 fully saturated rings. The maximum absolute atomic E-state index is 6.84. The van der Waals surface area contributed by atoms with Crippen LogP contribution in [0.15, 0.2) is 30.3 Å². The van der Waals surface area contributed by atoms with Gasteiger partial charge in [0.15, 0.2) is 0 Å². The van der Waals surface area contributed by atoms with Gasteiger partial charge in [-0.3, -0.25) is 4.98 Å². The fraction of sp³-hybridized carbons (Fsp3) is 0.500. The fourth-order valence-electron chi connectivity index (χ4n) is 3.74. The Morgan fingerprint density at radius 1 is 1.25 bits per heavy atom. The summed E-state index contributed by atoms with van der Waals surface area (Å²) in [6.07, 6.45) is 6.11. The average molecular weight is 268 g/mol. The Kier molecular flexibility index (Phi) is 3.51. The number of nitrogens with zero attached hydrogens (tertiary/aromatic N) is 1. The minimum atomic E-state index is -0.147. The van der Waals surface area contributed by atoms with Crippen molar-refractivity contribution < 1.29 is 0 Å². The van der Waals surface area contributed by atoms with E-state index in [9.17, 15) is 0 Å². The molecular formula is C18H24N2. The lowest BCUT2D eigenvalue weighted by atomic mass is 9.68. The number of hydrogen-bond donors (Lipinski definition) is 1. The summed E-state index contributed by atoms with van der Waals surface area (Å²) in [4.78, 5) is 4.58. The largest absolute Gasteiger partial charge is 0.321 e. The first-order valence-corrected chi connectivity index (χ1v) is 7.80. The van der Waals surface area contributed by atoms with Crippen LogP contribution >= 0.6 is 0 Å². The third kappa shape index (κ3) is 2.22. The number of aromatic nitrogens is 1. The summed E-state index contributed by atoms with van der Waals surface area (Å²) >= 11 is 0. The number of hydrogen-bond acceptors (Lipinski definition) is 2. The highest BCUT2D eigenvalue weighted by Crippen LogP contribution is 2.41. The molecule has 0 saturated heterocycles. The van der Waals surface area contributed by atoms with Crippen LogP contribution in [0.5, 0.6) is 0 Å². The molecule has 2 atom stereocenters. The van der Waals surface area contributed by atoms with Crippen LogP contribution in [0.4, 0.5) is 0 Å². The van der Waals surface area contributed by atoms with Crippen molar-refractivity contribution in [3.8, 4) is 0 Å². The first-order chi connectivity index (χ1) is 9.63. The summed E-state index contributed by atoms with van der Waals surface area (Å²) in [5.74, 6) is 0.604. The van der Waals surface area contributed by atoms with E-state index in [0.717, 1.165) is 17.6 Å². The Hall–Kier alpha value is -1.41. The maximum atomic E-state index is 6.84. The quantitative estimate of drug-likeness (QED) is 0.882. The predicted molar refractivity (Wildman–Crippen MR) is 84.6 cm³/mol. The predicted octanol–water partition coefficient (Wildman–Crippen LogP) is 4.30. The van der Waals surface area contributed by atoms with E-state index in [4.69, 9.17) is 5.73 Å². The van der Waals surface area contributed by atoms with Crippen molar-refractivity contribution >= 4 is 10.9 Å². The third-order valence-electron chi connectivity index (χ3n) is 4.98. The highest BCUT2D eigenvalue weighted by atomic mass is 14.8. The molecule has 3 rings (SSSR count). The Morgan fingerprint density at radius 2 is 2.10 bits per heavy atom. The first kappa shape index (κ1) is 13.6. The molecule has 2 unspecified atom stereocenters. The second-order valence-electron chi connectivity index (χ2n) is 6.25. The number of aryl methyl sites for hydroxylation is 1. The molecular weight excluding hydrogens is 244 g/mol. The maximum Gasteiger partial charge on any atom is 0.0705 e. The summed E-state index contributed by atoms with van der Waals surface area (Å²) in [6, 6.07) is 10.8. The molecule has 1 aliphatic carbocycles. The van der Waals surface area contributed by atoms with Crippen molar-refractivity contribution in [3.05, 3.63) is 41.6 Å². The number of nitrogens with two attached hydrogens (primary N) is 1. The van der Waals surface area contributed by atoms with Crippen molar-refractivity contribution in [2.24, 2.45) is 11.7 Å². The van der Waals surface area contributed by atoms with Gasteiger partial charge in [0, 0.05) is 16.6 Å². The standard InChI is InChI=1S/C18H24N2/c1-3-15-6-4-5-11-18(15,19)16-9-10-17-14(12-16)8-7-13(2)20-17/h7-10,12,15H,3-6,11,19H2,1-2H3. The van der Waals surface area contributed by atoms with E-state index >= 15 is 0 Å². The number of pyridine rings is 1. The zero-order valence-electron chi connectivity index (χ0n) is 12.5. The van der Waals surface area contributed by atoms with Crippen LogP contribution in [0.25, 0.3) is 10.9 Å². The van der Waals surface area contributed by atoms with E-state index in [2.05, 4.69) is 42.2 Å². The molecule has 2 heteroatoms. The van der Waals surface area contributed by atoms with Gasteiger partial charge in [-0.15, -0.1) is 0 Å². The molecule has 106 valence electrons. The highest BCUT2D eigenvalue weighted by Gasteiger charge is 2.37. The minimum Gasteiger partial charge on any atom is -0.321 e. The van der Waals surface area contributed by atoms with Gasteiger partial charge in [-0.2, -0.15) is 0 Å². The zero-order valence-corrected chi connectivity index (χ0v) is 12.5. The zero-order chi connectivity index (χ0) is 14.2. The van der Waals surface area contributed by atoms with Gasteiger partial charge in [-0.1, -0.05) is 38.3 Å². The van der Waals surface area contributed by atoms with E-state index in [-0.39, 0.29) is 5.54 Å². The van der Waals surface area contributed by atoms with Gasteiger partial charge >= 0.3 is 0 Å². The van der Waals surface area contributed by atoms with Crippen molar-refractivity contribution in [2.45, 2.75) is 51.5 Å². The molecule has 0 bridgehead atoms. The van der Waals surface area contributed by atoms with E-state index in [1.54, 1.807) is 0 Å². The Morgan fingerprint density at radius 3 is 2.90 bits per heavy atom. The highest BCUT2D eigenvalue weighted by molar-refractivity contribution is 5.79. The van der Waals surface area contributed by atoms with Crippen LogP contribution in [0.2, 0.25) is 0 Å². The second-order valence-corrected chi connectivity index (χ2v) is 6.25. The summed E-state index contributed by atoms with van der Waals surface area (Å²) in [7, 11) is 0. The van der Waals surface area contributed by atoms with Crippen molar-refractivity contribution in [1.82, 2.24) is 4.98 Å². The SMILES string of the molecule is CCC1CCCCC1(N)c1ccc2nc(C)ccc2c1. The lowest BCUT2D eigenvalue weighted by Crippen LogP contribution is -2.46. The van der Waals surface area contributed by atoms with Gasteiger partial charge < -0.3 is 5.73 Å². The minimum absolute atomic E-state index is 0.147. The van der Waals surface area contributed by atoms with E-state index in [0.29, 0.717) is 5.92 Å². The van der Waals surface area contributed by atoms with E-state index in [1.165, 1.54) is 36.6 Å². The lowest BCUT2D eigenvalue weighted by molar-refractivity contribution is 0.184. The van der Waals surface area contributed by atoms with Crippen LogP contribution in [0, 0.1) is 12.8 Å². The Labute approximate surface area is 121 Å². The monoisotopic (exact) mass is 268 g/mol. The molecule has 2 nitrogen and oxygen atoms in total. The third-order valence-corrected chi connectivity index (χ3v) is 4.98. The number of fused-ring (bicyclic) bond motifs is 1. The molecule has 1 aromatic heterocycles. The molecule has 1 heterocycles. The van der Waals surface area contributed by atoms with Gasteiger partial charge in [0.25, 0.3) is 0 Å². The van der Waals surface area contributed by atoms with Gasteiger partial charge in [-0.05, 0) is 49.4 Å². The molecule has 0 amide bonds. The van der Waals surface area contributed by atoms with Gasteiger partial charge in [-0.25, -0.2) is 0 Å². The fourth-order valence-corrected chi connectivity index (χ4v) is 3.74. The summed E-state index contributed by atoms with van der Waals surface area (Å²) < 4.78 is 0. The summed E-state index contributed by atoms with van der Waals surface area (Å²) in [5.41, 5.74) is 10.1. The van der Waals surface area contributed by atoms with Gasteiger partial charge in [0.1, 0.15) is 0 Å². The molecule has 20 heavy (non-hydrogen) atoms. The molecule has 0 radical (unpaired) electrons. The lowest BCUT2D eigenvalue weighted by Gasteiger charge is -2.41. The van der Waals surface area contributed by atoms with E-state index < -0.39 is 0 Å². The Balaban J connectivity index is 2.06. The smallest absolute Gasteiger partial charge is 0.0705 e. The van der Waals surface area contributed by atoms with Crippen LogP contribution < -0.4 is 5.73 Å². The van der Waals surface area contributed by atoms with Gasteiger partial charge in [0.2, 0.25) is 0 Å². The van der Waals surface area contributed by atoms with Crippen molar-refractivity contribution in [2.75, 3.05) is 0 Å². The normalized spacial score (nSPS) is 26.9. The molecule has 1 saturated carbocycles. The van der Waals surface area contributed by atoms with Gasteiger partial charge in [0.05, 0.1) is 5.52 Å². The average Bonchev–Trinajstić information content (AvgIpc) is 2.47. The first-order valence-electron chi connectivity index (χ1n) is 7.80. The van der Waals surface area contributed by atoms with E-state index in [1.807, 2.05) is 6.92 Å². The molecule has 0 spiro atoms. The molecule has 0 aliphatic heterocycles. The van der Waals surface area contributed by atoms with Crippen molar-refractivity contribution in [1.29, 1.82) is 0 Å². The summed E-state index contributed by atoms with van der Waals surface area (Å²) in [6.45, 7) is 4.30. The molecule has 1 aromatic carbocycles. The van der Waals surface area contributed by atoms with Crippen LogP contribution in [-0.4, -0.2) is 4.98 Å². The topological polar surface area (TPSA) is 38.9 Å². The number of benzene rings is 1. The van der Waals surface area contributed by atoms with Crippen LogP contribution in [0.1, 0.15) is 50.3 Å². The molecule has 1 aliphatic rings. The second kappa shape index (κ2) is 5.17. The number of rotatable bonds is 2. The Bertz CT molecular complexity index is 620. The van der Waals surface area contributed by atoms with Crippen LogP contribution in [-0.2, 0) is 5.54 Å². The summed E-state index contributed by atoms with van der Waals surface area (Å²) in [5, 5.41) is 1.21. The molecule has 2 N–H and O–H groups in total.